The van der Waals surface area contributed by atoms with Gasteiger partial charge in [0.05, 0.1) is 12.8 Å². The third-order valence-electron chi connectivity index (χ3n) is 3.23. The number of carbonyl (C=O) groups excluding carboxylic acids is 1. The molecule has 0 spiro atoms. The lowest BCUT2D eigenvalue weighted by Crippen LogP contribution is -2.26. The third-order valence-corrected chi connectivity index (χ3v) is 3.55. The number of benzene rings is 1. The summed E-state index contributed by atoms with van der Waals surface area (Å²) in [7, 11) is 1.40. The first-order valence-electron chi connectivity index (χ1n) is 6.49. The standard InChI is InChI=1S/C15H18N2O2S/c1-10(2)13(14(18)19-3)17-12(9-16-15(17)20)11-7-5-4-6-8-11/h4-10,13H,1-3H3,(H,16,20). The fourth-order valence-electron chi connectivity index (χ4n) is 2.28. The van der Waals surface area contributed by atoms with Crippen LogP contribution < -0.4 is 0 Å². The van der Waals surface area contributed by atoms with Crippen molar-refractivity contribution in [3.8, 4) is 11.3 Å². The lowest BCUT2D eigenvalue weighted by Gasteiger charge is -2.22. The summed E-state index contributed by atoms with van der Waals surface area (Å²) in [5.41, 5.74) is 1.90. The van der Waals surface area contributed by atoms with Crippen LogP contribution in [0.5, 0.6) is 0 Å². The van der Waals surface area contributed by atoms with Crippen LogP contribution in [-0.4, -0.2) is 22.6 Å². The van der Waals surface area contributed by atoms with Gasteiger partial charge < -0.3 is 14.3 Å². The van der Waals surface area contributed by atoms with Crippen molar-refractivity contribution in [1.82, 2.24) is 9.55 Å². The van der Waals surface area contributed by atoms with Crippen molar-refractivity contribution >= 4 is 18.2 Å². The molecule has 0 saturated carbocycles. The lowest BCUT2D eigenvalue weighted by atomic mass is 10.0. The zero-order chi connectivity index (χ0) is 14.7. The molecule has 0 radical (unpaired) electrons. The largest absolute Gasteiger partial charge is 0.467 e. The summed E-state index contributed by atoms with van der Waals surface area (Å²) in [6.07, 6.45) is 1.83. The number of rotatable bonds is 4. The van der Waals surface area contributed by atoms with Crippen molar-refractivity contribution in [2.45, 2.75) is 19.9 Å². The normalized spacial score (nSPS) is 12.4. The van der Waals surface area contributed by atoms with E-state index in [2.05, 4.69) is 4.98 Å². The molecular weight excluding hydrogens is 272 g/mol. The molecule has 106 valence electrons. The number of hydrogen-bond acceptors (Lipinski definition) is 3. The summed E-state index contributed by atoms with van der Waals surface area (Å²) in [4.78, 5) is 15.1. The van der Waals surface area contributed by atoms with Gasteiger partial charge in [-0.3, -0.25) is 0 Å². The number of aromatic amines is 1. The minimum Gasteiger partial charge on any atom is -0.467 e. The van der Waals surface area contributed by atoms with Crippen molar-refractivity contribution in [2.75, 3.05) is 7.11 Å². The Morgan fingerprint density at radius 1 is 1.30 bits per heavy atom. The number of ether oxygens (including phenoxy) is 1. The molecule has 20 heavy (non-hydrogen) atoms. The van der Waals surface area contributed by atoms with Gasteiger partial charge in [-0.1, -0.05) is 44.2 Å². The Kier molecular flexibility index (Phi) is 4.39. The van der Waals surface area contributed by atoms with Crippen molar-refractivity contribution in [3.05, 3.63) is 41.3 Å². The highest BCUT2D eigenvalue weighted by Crippen LogP contribution is 2.28. The fraction of sp³-hybridized carbons (Fsp3) is 0.333. The Morgan fingerprint density at radius 2 is 1.95 bits per heavy atom. The molecule has 1 atom stereocenters. The molecule has 1 N–H and O–H groups in total. The first-order valence-corrected chi connectivity index (χ1v) is 6.90. The molecular formula is C15H18N2O2S. The van der Waals surface area contributed by atoms with Crippen LogP contribution in [0.25, 0.3) is 11.3 Å². The van der Waals surface area contributed by atoms with E-state index in [1.165, 1.54) is 7.11 Å². The quantitative estimate of drug-likeness (QED) is 0.691. The molecule has 0 saturated heterocycles. The highest BCUT2D eigenvalue weighted by atomic mass is 32.1. The smallest absolute Gasteiger partial charge is 0.329 e. The molecule has 0 fully saturated rings. The zero-order valence-corrected chi connectivity index (χ0v) is 12.6. The molecule has 0 aliphatic heterocycles. The van der Waals surface area contributed by atoms with Gasteiger partial charge in [0.1, 0.15) is 6.04 Å². The fourth-order valence-corrected chi connectivity index (χ4v) is 2.55. The summed E-state index contributed by atoms with van der Waals surface area (Å²) in [6, 6.07) is 9.41. The third kappa shape index (κ3) is 2.67. The van der Waals surface area contributed by atoms with Crippen LogP contribution in [0.15, 0.2) is 36.5 Å². The number of aromatic nitrogens is 2. The second-order valence-corrected chi connectivity index (χ2v) is 5.31. The van der Waals surface area contributed by atoms with Crippen LogP contribution in [0, 0.1) is 10.7 Å². The van der Waals surface area contributed by atoms with E-state index in [-0.39, 0.29) is 11.9 Å². The Morgan fingerprint density at radius 3 is 2.50 bits per heavy atom. The molecule has 5 heteroatoms. The minimum atomic E-state index is -0.436. The van der Waals surface area contributed by atoms with Crippen molar-refractivity contribution in [2.24, 2.45) is 5.92 Å². The Balaban J connectivity index is 2.59. The molecule has 2 rings (SSSR count). The van der Waals surface area contributed by atoms with Crippen LogP contribution in [0.1, 0.15) is 19.9 Å². The van der Waals surface area contributed by atoms with Gasteiger partial charge in [-0.2, -0.15) is 0 Å². The molecule has 1 aromatic heterocycles. The SMILES string of the molecule is COC(=O)C(C(C)C)n1c(-c2ccccc2)c[nH]c1=S. The van der Waals surface area contributed by atoms with Gasteiger partial charge in [-0.05, 0) is 23.7 Å². The number of nitrogens with one attached hydrogen (secondary N) is 1. The molecule has 0 amide bonds. The molecule has 4 nitrogen and oxygen atoms in total. The summed E-state index contributed by atoms with van der Waals surface area (Å²) in [5, 5.41) is 0. The van der Waals surface area contributed by atoms with Gasteiger partial charge in [0, 0.05) is 6.20 Å². The predicted octanol–water partition coefficient (Wildman–Crippen LogP) is 3.58. The van der Waals surface area contributed by atoms with Gasteiger partial charge >= 0.3 is 5.97 Å². The lowest BCUT2D eigenvalue weighted by molar-refractivity contribution is -0.146. The van der Waals surface area contributed by atoms with E-state index in [0.717, 1.165) is 11.3 Å². The second kappa shape index (κ2) is 6.05. The maximum atomic E-state index is 12.1. The van der Waals surface area contributed by atoms with Gasteiger partial charge in [0.15, 0.2) is 4.77 Å². The van der Waals surface area contributed by atoms with Gasteiger partial charge in [0.2, 0.25) is 0 Å². The van der Waals surface area contributed by atoms with E-state index < -0.39 is 6.04 Å². The van der Waals surface area contributed by atoms with Crippen molar-refractivity contribution < 1.29 is 9.53 Å². The number of hydrogen-bond donors (Lipinski definition) is 1. The van der Waals surface area contributed by atoms with E-state index in [0.29, 0.717) is 4.77 Å². The van der Waals surface area contributed by atoms with Crippen molar-refractivity contribution in [1.29, 1.82) is 0 Å². The summed E-state index contributed by atoms with van der Waals surface area (Å²) in [6.45, 7) is 3.95. The molecule has 0 aliphatic rings. The van der Waals surface area contributed by atoms with E-state index in [1.807, 2.05) is 54.9 Å². The highest BCUT2D eigenvalue weighted by Gasteiger charge is 2.27. The zero-order valence-electron chi connectivity index (χ0n) is 11.8. The topological polar surface area (TPSA) is 47.0 Å². The molecule has 1 aromatic carbocycles. The van der Waals surface area contributed by atoms with E-state index in [4.69, 9.17) is 17.0 Å². The predicted molar refractivity (Wildman–Crippen MR) is 80.9 cm³/mol. The number of carbonyl (C=O) groups is 1. The van der Waals surface area contributed by atoms with E-state index in [1.54, 1.807) is 0 Å². The Bertz CT molecular complexity index is 643. The number of nitrogens with zero attached hydrogens (tertiary/aromatic N) is 1. The second-order valence-electron chi connectivity index (χ2n) is 4.93. The highest BCUT2D eigenvalue weighted by molar-refractivity contribution is 7.71. The first-order chi connectivity index (χ1) is 9.56. The average Bonchev–Trinajstić information content (AvgIpc) is 2.81. The molecule has 1 unspecified atom stereocenters. The summed E-state index contributed by atoms with van der Waals surface area (Å²) in [5.74, 6) is -0.208. The van der Waals surface area contributed by atoms with Crippen LogP contribution in [0.4, 0.5) is 0 Å². The molecule has 0 aliphatic carbocycles. The van der Waals surface area contributed by atoms with Crippen molar-refractivity contribution in [3.63, 3.8) is 0 Å². The molecule has 2 aromatic rings. The van der Waals surface area contributed by atoms with Crippen LogP contribution in [-0.2, 0) is 9.53 Å². The minimum absolute atomic E-state index is 0.0763. The Labute approximate surface area is 123 Å². The van der Waals surface area contributed by atoms with Gasteiger partial charge in [-0.25, -0.2) is 4.79 Å². The number of esters is 1. The molecule has 1 heterocycles. The maximum absolute atomic E-state index is 12.1. The van der Waals surface area contributed by atoms with E-state index >= 15 is 0 Å². The van der Waals surface area contributed by atoms with Crippen LogP contribution >= 0.6 is 12.2 Å². The average molecular weight is 290 g/mol. The Hall–Kier alpha value is -1.88. The maximum Gasteiger partial charge on any atom is 0.329 e. The summed E-state index contributed by atoms with van der Waals surface area (Å²) < 4.78 is 7.28. The number of H-pyrrole nitrogens is 1. The number of methoxy groups -OCH3 is 1. The first kappa shape index (κ1) is 14.5. The number of imidazole rings is 1. The van der Waals surface area contributed by atoms with Crippen LogP contribution in [0.2, 0.25) is 0 Å². The van der Waals surface area contributed by atoms with Gasteiger partial charge in [-0.15, -0.1) is 0 Å². The molecule has 0 bridgehead atoms. The van der Waals surface area contributed by atoms with Crippen LogP contribution in [0.3, 0.4) is 0 Å². The summed E-state index contributed by atoms with van der Waals surface area (Å²) >= 11 is 5.34. The monoisotopic (exact) mass is 290 g/mol. The van der Waals surface area contributed by atoms with E-state index in [9.17, 15) is 4.79 Å². The van der Waals surface area contributed by atoms with Gasteiger partial charge in [0.25, 0.3) is 0 Å².